The standard InChI is InChI=1S/C24H32N6O/c1-18-26-17-30(27-18)24-14-19-11-20(15-24)13-23(12-19,16-24)22(31)29-8-4-7-28(9-10-29)21-5-2-3-6-25-21/h2-3,5-6,17,19-20H,4,7-16H2,1H3/t19-,20-,23?,24?/m1/s1. The number of carbonyl (C=O) groups is 1. The first-order valence-corrected chi connectivity index (χ1v) is 11.9. The maximum atomic E-state index is 14.1. The van der Waals surface area contributed by atoms with Crippen LogP contribution >= 0.6 is 0 Å². The lowest BCUT2D eigenvalue weighted by molar-refractivity contribution is -0.166. The van der Waals surface area contributed by atoms with Crippen LogP contribution in [-0.4, -0.2) is 56.7 Å². The Bertz CT molecular complexity index is 957. The van der Waals surface area contributed by atoms with Crippen LogP contribution in [0.25, 0.3) is 0 Å². The third kappa shape index (κ3) is 3.15. The maximum absolute atomic E-state index is 14.1. The molecule has 2 atom stereocenters. The first-order valence-electron chi connectivity index (χ1n) is 11.9. The lowest BCUT2D eigenvalue weighted by Crippen LogP contribution is -2.61. The number of carbonyl (C=O) groups excluding carboxylic acids is 1. The first-order chi connectivity index (χ1) is 15.1. The second-order valence-electron chi connectivity index (χ2n) is 10.5. The summed E-state index contributed by atoms with van der Waals surface area (Å²) in [5.74, 6) is 3.55. The third-order valence-corrected chi connectivity index (χ3v) is 8.33. The van der Waals surface area contributed by atoms with Crippen LogP contribution in [0, 0.1) is 24.2 Å². The van der Waals surface area contributed by atoms with Gasteiger partial charge in [-0.3, -0.25) is 4.79 Å². The summed E-state index contributed by atoms with van der Waals surface area (Å²) in [6.45, 7) is 5.43. The van der Waals surface area contributed by atoms with Gasteiger partial charge in [0.25, 0.3) is 0 Å². The Balaban J connectivity index is 1.24. The van der Waals surface area contributed by atoms with Gasteiger partial charge in [0.1, 0.15) is 18.0 Å². The Morgan fingerprint density at radius 1 is 1.03 bits per heavy atom. The van der Waals surface area contributed by atoms with Crippen LogP contribution in [0.4, 0.5) is 5.82 Å². The molecule has 1 saturated heterocycles. The van der Waals surface area contributed by atoms with Crippen molar-refractivity contribution < 1.29 is 4.79 Å². The molecular weight excluding hydrogens is 388 g/mol. The number of hydrogen-bond donors (Lipinski definition) is 0. The van der Waals surface area contributed by atoms with Gasteiger partial charge in [0.05, 0.1) is 11.0 Å². The van der Waals surface area contributed by atoms with Gasteiger partial charge in [-0.1, -0.05) is 6.07 Å². The normalized spacial score (nSPS) is 34.7. The molecule has 164 valence electrons. The molecule has 0 N–H and O–H groups in total. The summed E-state index contributed by atoms with van der Waals surface area (Å²) in [6.07, 6.45) is 11.5. The quantitative estimate of drug-likeness (QED) is 0.764. The Morgan fingerprint density at radius 3 is 2.58 bits per heavy atom. The fourth-order valence-electron chi connectivity index (χ4n) is 7.53. The number of nitrogens with zero attached hydrogens (tertiary/aromatic N) is 6. The number of pyridine rings is 1. The molecule has 0 spiro atoms. The average molecular weight is 421 g/mol. The molecule has 2 aromatic rings. The van der Waals surface area contributed by atoms with Crippen LogP contribution in [-0.2, 0) is 10.3 Å². The molecule has 2 aromatic heterocycles. The Hall–Kier alpha value is -2.44. The van der Waals surface area contributed by atoms with Gasteiger partial charge < -0.3 is 9.80 Å². The highest BCUT2D eigenvalue weighted by Gasteiger charge is 2.62. The molecule has 7 rings (SSSR count). The van der Waals surface area contributed by atoms with Gasteiger partial charge in [0.2, 0.25) is 5.91 Å². The van der Waals surface area contributed by atoms with Crippen LogP contribution in [0.1, 0.15) is 50.8 Å². The van der Waals surface area contributed by atoms with Crippen LogP contribution in [0.2, 0.25) is 0 Å². The third-order valence-electron chi connectivity index (χ3n) is 8.33. The van der Waals surface area contributed by atoms with Gasteiger partial charge in [-0.15, -0.1) is 0 Å². The minimum atomic E-state index is -0.204. The van der Waals surface area contributed by atoms with Crippen molar-refractivity contribution in [2.24, 2.45) is 17.3 Å². The number of rotatable bonds is 3. The maximum Gasteiger partial charge on any atom is 0.228 e. The topological polar surface area (TPSA) is 67.2 Å². The van der Waals surface area contributed by atoms with Crippen LogP contribution < -0.4 is 4.90 Å². The van der Waals surface area contributed by atoms with Gasteiger partial charge in [0, 0.05) is 32.4 Å². The minimum Gasteiger partial charge on any atom is -0.355 e. The summed E-state index contributed by atoms with van der Waals surface area (Å²) in [7, 11) is 0. The fourth-order valence-corrected chi connectivity index (χ4v) is 7.53. The smallest absolute Gasteiger partial charge is 0.228 e. The monoisotopic (exact) mass is 420 g/mol. The molecule has 1 amide bonds. The number of amides is 1. The molecular formula is C24H32N6O. The van der Waals surface area contributed by atoms with Crippen molar-refractivity contribution in [2.75, 3.05) is 31.1 Å². The lowest BCUT2D eigenvalue weighted by Gasteiger charge is -2.61. The average Bonchev–Trinajstić information content (AvgIpc) is 3.06. The summed E-state index contributed by atoms with van der Waals surface area (Å²) < 4.78 is 2.13. The molecule has 7 heteroatoms. The second kappa shape index (κ2) is 7.04. The zero-order chi connectivity index (χ0) is 21.1. The van der Waals surface area contributed by atoms with Crippen molar-refractivity contribution in [2.45, 2.75) is 57.4 Å². The highest BCUT2D eigenvalue weighted by Crippen LogP contribution is 2.64. The number of anilines is 1. The van der Waals surface area contributed by atoms with E-state index < -0.39 is 0 Å². The predicted octanol–water partition coefficient (Wildman–Crippen LogP) is 3.02. The number of hydrogen-bond acceptors (Lipinski definition) is 5. The Labute approximate surface area is 183 Å². The van der Waals surface area contributed by atoms with Crippen molar-refractivity contribution in [3.8, 4) is 0 Å². The van der Waals surface area contributed by atoms with Crippen molar-refractivity contribution in [1.82, 2.24) is 24.6 Å². The van der Waals surface area contributed by atoms with Crippen LogP contribution in [0.15, 0.2) is 30.7 Å². The molecule has 4 aliphatic carbocycles. The van der Waals surface area contributed by atoms with E-state index in [4.69, 9.17) is 5.10 Å². The molecule has 0 radical (unpaired) electrons. The second-order valence-corrected chi connectivity index (χ2v) is 10.5. The molecule has 3 heterocycles. The van der Waals surface area contributed by atoms with E-state index in [-0.39, 0.29) is 11.0 Å². The first kappa shape index (κ1) is 19.3. The molecule has 4 bridgehead atoms. The fraction of sp³-hybridized carbons (Fsp3) is 0.667. The zero-order valence-corrected chi connectivity index (χ0v) is 18.4. The molecule has 4 saturated carbocycles. The molecule has 31 heavy (non-hydrogen) atoms. The molecule has 7 nitrogen and oxygen atoms in total. The van der Waals surface area contributed by atoms with E-state index in [1.165, 1.54) is 6.42 Å². The van der Waals surface area contributed by atoms with E-state index in [1.54, 1.807) is 0 Å². The highest BCUT2D eigenvalue weighted by molar-refractivity contribution is 5.83. The predicted molar refractivity (Wildman–Crippen MR) is 117 cm³/mol. The van der Waals surface area contributed by atoms with Crippen molar-refractivity contribution in [3.05, 3.63) is 36.5 Å². The summed E-state index contributed by atoms with van der Waals surface area (Å²) >= 11 is 0. The van der Waals surface area contributed by atoms with Crippen molar-refractivity contribution in [3.63, 3.8) is 0 Å². The molecule has 0 unspecified atom stereocenters. The largest absolute Gasteiger partial charge is 0.355 e. The Kier molecular flexibility index (Phi) is 4.37. The van der Waals surface area contributed by atoms with E-state index in [0.29, 0.717) is 17.7 Å². The summed E-state index contributed by atoms with van der Waals surface area (Å²) in [4.78, 5) is 27.5. The van der Waals surface area contributed by atoms with Gasteiger partial charge in [-0.05, 0) is 75.8 Å². The molecule has 5 aliphatic rings. The Morgan fingerprint density at radius 2 is 1.87 bits per heavy atom. The number of aryl methyl sites for hydroxylation is 1. The number of aromatic nitrogens is 4. The van der Waals surface area contributed by atoms with E-state index in [9.17, 15) is 4.79 Å². The lowest BCUT2D eigenvalue weighted by atomic mass is 9.46. The van der Waals surface area contributed by atoms with E-state index in [2.05, 4.69) is 30.5 Å². The molecule has 5 fully saturated rings. The van der Waals surface area contributed by atoms with Gasteiger partial charge >= 0.3 is 0 Å². The van der Waals surface area contributed by atoms with Crippen molar-refractivity contribution in [1.29, 1.82) is 0 Å². The summed E-state index contributed by atoms with van der Waals surface area (Å²) in [6, 6.07) is 6.06. The van der Waals surface area contributed by atoms with Crippen molar-refractivity contribution >= 4 is 11.7 Å². The van der Waals surface area contributed by atoms with Gasteiger partial charge in [-0.25, -0.2) is 14.6 Å². The van der Waals surface area contributed by atoms with E-state index >= 15 is 0 Å². The zero-order valence-electron chi connectivity index (χ0n) is 18.4. The SMILES string of the molecule is Cc1ncn(C23C[C@@H]4C[C@H](CC(C(=O)N5CCCN(c6ccccn6)CC5)(C4)C2)C3)n1. The highest BCUT2D eigenvalue weighted by atomic mass is 16.2. The summed E-state index contributed by atoms with van der Waals surface area (Å²) in [5.41, 5.74) is -0.211. The van der Waals surface area contributed by atoms with Crippen LogP contribution in [0.3, 0.4) is 0 Å². The van der Waals surface area contributed by atoms with Crippen LogP contribution in [0.5, 0.6) is 0 Å². The van der Waals surface area contributed by atoms with Gasteiger partial charge in [-0.2, -0.15) is 5.10 Å². The molecule has 1 aliphatic heterocycles. The summed E-state index contributed by atoms with van der Waals surface area (Å²) in [5, 5.41) is 4.73. The molecule has 0 aromatic carbocycles. The minimum absolute atomic E-state index is 0.00710. The van der Waals surface area contributed by atoms with Gasteiger partial charge in [0.15, 0.2) is 0 Å². The van der Waals surface area contributed by atoms with E-state index in [0.717, 1.165) is 76.3 Å². The van der Waals surface area contributed by atoms with E-state index in [1.807, 2.05) is 31.6 Å².